The van der Waals surface area contributed by atoms with Crippen molar-refractivity contribution < 1.29 is 61.1 Å². The first kappa shape index (κ1) is 43.7. The van der Waals surface area contributed by atoms with Gasteiger partial charge in [0.05, 0.1) is 31.7 Å². The topological polar surface area (TPSA) is 157 Å². The third-order valence-corrected chi connectivity index (χ3v) is 12.9. The third kappa shape index (κ3) is 13.3. The Bertz CT molecular complexity index is 2370. The molecule has 0 saturated heterocycles. The second-order valence-corrected chi connectivity index (χ2v) is 18.2. The molecule has 5 aromatic carbocycles. The standard InChI is InChI=1S/C20H14F6N2O6S2.C12H8Br3NO2S/c21-19(22,23)33-13-5-9-15(10-6-13)35(29,30)27-17-3-1-2-4-18(17)28-36(31,32)16-11-7-14(8-12-16)34-20(24,25)26;13-8-2-1-3-10(6-8)19(17,18)16-9-4-5-11(14)12(15)7-9/h1-12,27-28H;1-7,16H. The van der Waals surface area contributed by atoms with Crippen molar-refractivity contribution in [3.05, 3.63) is 129 Å². The molecule has 5 rings (SSSR count). The second kappa shape index (κ2) is 17.4. The fraction of sp³-hybridized carbons (Fsp3) is 0.0625. The molecular weight excluding hydrogens is 1000 g/mol. The maximum atomic E-state index is 12.7. The molecule has 0 aromatic heterocycles. The van der Waals surface area contributed by atoms with Crippen LogP contribution in [0.2, 0.25) is 0 Å². The fourth-order valence-corrected chi connectivity index (χ4v) is 8.55. The lowest BCUT2D eigenvalue weighted by Crippen LogP contribution is -2.19. The van der Waals surface area contributed by atoms with Gasteiger partial charge < -0.3 is 9.47 Å². The molecule has 0 aliphatic carbocycles. The Morgan fingerprint density at radius 2 is 0.891 bits per heavy atom. The number of benzene rings is 5. The number of sulfonamides is 3. The molecule has 0 amide bonds. The van der Waals surface area contributed by atoms with E-state index in [1.54, 1.807) is 42.5 Å². The number of para-hydroxylation sites is 2. The Morgan fingerprint density at radius 3 is 1.29 bits per heavy atom. The van der Waals surface area contributed by atoms with Crippen LogP contribution < -0.4 is 23.6 Å². The van der Waals surface area contributed by atoms with Crippen molar-refractivity contribution in [2.75, 3.05) is 14.2 Å². The summed E-state index contributed by atoms with van der Waals surface area (Å²) in [6.07, 6.45) is -9.94. The van der Waals surface area contributed by atoms with E-state index >= 15 is 0 Å². The molecule has 0 atom stereocenters. The van der Waals surface area contributed by atoms with Crippen molar-refractivity contribution >= 4 is 94.9 Å². The van der Waals surface area contributed by atoms with Gasteiger partial charge in [-0.25, -0.2) is 25.3 Å². The minimum Gasteiger partial charge on any atom is -0.406 e. The summed E-state index contributed by atoms with van der Waals surface area (Å²) in [5.74, 6) is -1.30. The molecule has 0 bridgehead atoms. The maximum absolute atomic E-state index is 12.7. The molecular formula is C32H22Br3F6N3O8S3. The first-order chi connectivity index (χ1) is 25.4. The smallest absolute Gasteiger partial charge is 0.406 e. The van der Waals surface area contributed by atoms with Crippen LogP contribution in [0.4, 0.5) is 43.4 Å². The highest BCUT2D eigenvalue weighted by molar-refractivity contribution is 9.13. The fourth-order valence-electron chi connectivity index (χ4n) is 4.12. The minimum atomic E-state index is -4.97. The van der Waals surface area contributed by atoms with Crippen LogP contribution in [-0.2, 0) is 30.1 Å². The molecule has 0 aliphatic rings. The molecule has 0 radical (unpaired) electrons. The molecule has 0 unspecified atom stereocenters. The van der Waals surface area contributed by atoms with Gasteiger partial charge >= 0.3 is 12.7 Å². The van der Waals surface area contributed by atoms with Gasteiger partial charge in [-0.15, -0.1) is 26.3 Å². The van der Waals surface area contributed by atoms with Crippen LogP contribution in [0.1, 0.15) is 0 Å². The molecule has 0 aliphatic heterocycles. The summed E-state index contributed by atoms with van der Waals surface area (Å²) in [4.78, 5) is -0.689. The largest absolute Gasteiger partial charge is 0.573 e. The van der Waals surface area contributed by atoms with Crippen molar-refractivity contribution in [3.63, 3.8) is 0 Å². The second-order valence-electron chi connectivity index (χ2n) is 10.5. The predicted octanol–water partition coefficient (Wildman–Crippen LogP) is 9.86. The highest BCUT2D eigenvalue weighted by Crippen LogP contribution is 2.31. The van der Waals surface area contributed by atoms with Gasteiger partial charge in [0.2, 0.25) is 0 Å². The van der Waals surface area contributed by atoms with E-state index in [4.69, 9.17) is 0 Å². The quantitative estimate of drug-likeness (QED) is 0.110. The molecule has 5 aromatic rings. The molecule has 0 heterocycles. The Kier molecular flexibility index (Phi) is 13.8. The first-order valence-corrected chi connectivity index (χ1v) is 21.4. The number of ether oxygens (including phenoxy) is 2. The molecule has 55 heavy (non-hydrogen) atoms. The van der Waals surface area contributed by atoms with Gasteiger partial charge in [-0.2, -0.15) is 0 Å². The zero-order valence-electron chi connectivity index (χ0n) is 26.9. The van der Waals surface area contributed by atoms with Crippen LogP contribution in [0.3, 0.4) is 0 Å². The Labute approximate surface area is 335 Å². The zero-order valence-corrected chi connectivity index (χ0v) is 34.1. The molecule has 0 fully saturated rings. The van der Waals surface area contributed by atoms with Crippen molar-refractivity contribution in [2.24, 2.45) is 0 Å². The van der Waals surface area contributed by atoms with Crippen LogP contribution in [-0.4, -0.2) is 38.0 Å². The van der Waals surface area contributed by atoms with Crippen LogP contribution in [0.5, 0.6) is 11.5 Å². The number of hydrogen-bond acceptors (Lipinski definition) is 8. The highest BCUT2D eigenvalue weighted by atomic mass is 79.9. The summed E-state index contributed by atoms with van der Waals surface area (Å²) in [7, 11) is -12.3. The predicted molar refractivity (Wildman–Crippen MR) is 201 cm³/mol. The minimum absolute atomic E-state index is 0.209. The van der Waals surface area contributed by atoms with Gasteiger partial charge in [-0.3, -0.25) is 14.2 Å². The summed E-state index contributed by atoms with van der Waals surface area (Å²) in [6, 6.07) is 23.4. The number of hydrogen-bond donors (Lipinski definition) is 3. The van der Waals surface area contributed by atoms with E-state index in [9.17, 15) is 51.6 Å². The van der Waals surface area contributed by atoms with Crippen LogP contribution in [0, 0.1) is 0 Å². The molecule has 11 nitrogen and oxygen atoms in total. The summed E-state index contributed by atoms with van der Waals surface area (Å²) < 4.78 is 165. The Balaban J connectivity index is 0.000000296. The van der Waals surface area contributed by atoms with E-state index in [0.29, 0.717) is 10.2 Å². The lowest BCUT2D eigenvalue weighted by atomic mass is 10.3. The van der Waals surface area contributed by atoms with Gasteiger partial charge in [0.15, 0.2) is 0 Å². The highest BCUT2D eigenvalue weighted by Gasteiger charge is 2.32. The van der Waals surface area contributed by atoms with Crippen LogP contribution in [0.15, 0.2) is 143 Å². The van der Waals surface area contributed by atoms with Gasteiger partial charge in [0.25, 0.3) is 30.1 Å². The number of rotatable bonds is 11. The molecule has 23 heteroatoms. The van der Waals surface area contributed by atoms with Gasteiger partial charge in [0.1, 0.15) is 11.5 Å². The average Bonchev–Trinajstić information content (AvgIpc) is 3.06. The van der Waals surface area contributed by atoms with E-state index in [-0.39, 0.29) is 16.3 Å². The molecule has 0 spiro atoms. The van der Waals surface area contributed by atoms with E-state index in [0.717, 1.165) is 57.5 Å². The molecule has 3 N–H and O–H groups in total. The van der Waals surface area contributed by atoms with Crippen LogP contribution in [0.25, 0.3) is 0 Å². The van der Waals surface area contributed by atoms with E-state index < -0.39 is 64.1 Å². The first-order valence-electron chi connectivity index (χ1n) is 14.5. The average molecular weight is 1030 g/mol. The van der Waals surface area contributed by atoms with Crippen molar-refractivity contribution in [1.82, 2.24) is 0 Å². The maximum Gasteiger partial charge on any atom is 0.573 e. The van der Waals surface area contributed by atoms with Gasteiger partial charge in [-0.05, 0) is 129 Å². The van der Waals surface area contributed by atoms with Crippen molar-refractivity contribution in [1.29, 1.82) is 0 Å². The number of nitrogens with one attached hydrogen (secondary N) is 3. The van der Waals surface area contributed by atoms with Gasteiger partial charge in [0, 0.05) is 13.4 Å². The lowest BCUT2D eigenvalue weighted by Gasteiger charge is -2.15. The normalized spacial score (nSPS) is 12.2. The summed E-state index contributed by atoms with van der Waals surface area (Å²) in [6.45, 7) is 0. The zero-order chi connectivity index (χ0) is 40.8. The lowest BCUT2D eigenvalue weighted by molar-refractivity contribution is -0.275. The monoisotopic (exact) mass is 1020 g/mol. The van der Waals surface area contributed by atoms with E-state index in [1.807, 2.05) is 0 Å². The van der Waals surface area contributed by atoms with Crippen LogP contribution >= 0.6 is 47.8 Å². The van der Waals surface area contributed by atoms with Crippen molar-refractivity contribution in [2.45, 2.75) is 27.4 Å². The summed E-state index contributed by atoms with van der Waals surface area (Å²) in [5.41, 5.74) is 0.0116. The van der Waals surface area contributed by atoms with Gasteiger partial charge in [-0.1, -0.05) is 34.1 Å². The number of halogens is 9. The van der Waals surface area contributed by atoms with E-state index in [2.05, 4.69) is 71.4 Å². The van der Waals surface area contributed by atoms with Crippen molar-refractivity contribution in [3.8, 4) is 11.5 Å². The molecule has 0 saturated carbocycles. The number of anilines is 3. The SMILES string of the molecule is O=S(=O)(Nc1ccc(Br)c(Br)c1)c1cccc(Br)c1.O=S(=O)(Nc1ccccc1NS(=O)(=O)c1ccc(OC(F)(F)F)cc1)c1ccc(OC(F)(F)F)cc1. The summed E-state index contributed by atoms with van der Waals surface area (Å²) in [5, 5.41) is 0. The van der Waals surface area contributed by atoms with E-state index in [1.165, 1.54) is 24.3 Å². The number of alkyl halides is 6. The Hall–Kier alpha value is -4.03. The Morgan fingerprint density at radius 1 is 0.455 bits per heavy atom. The summed E-state index contributed by atoms with van der Waals surface area (Å²) >= 11 is 9.92. The molecule has 294 valence electrons. The third-order valence-electron chi connectivity index (χ3n) is 6.43.